The monoisotopic (exact) mass is 373 g/mol. The highest BCUT2D eigenvalue weighted by atomic mass is 32.1. The molecule has 1 atom stereocenters. The lowest BCUT2D eigenvalue weighted by molar-refractivity contribution is -0.118. The van der Waals surface area contributed by atoms with Gasteiger partial charge in [-0.05, 0) is 55.8 Å². The second kappa shape index (κ2) is 7.08. The van der Waals surface area contributed by atoms with E-state index in [1.54, 1.807) is 12.1 Å². The molecular formula is C20H24FN3OS. The van der Waals surface area contributed by atoms with Crippen LogP contribution in [0.15, 0.2) is 29.6 Å². The minimum Gasteiger partial charge on any atom is -0.301 e. The Morgan fingerprint density at radius 2 is 2.15 bits per heavy atom. The van der Waals surface area contributed by atoms with E-state index in [1.807, 2.05) is 5.38 Å². The number of amides is 1. The first-order chi connectivity index (χ1) is 12.5. The van der Waals surface area contributed by atoms with Crippen molar-refractivity contribution in [3.8, 4) is 0 Å². The molecule has 2 heterocycles. The van der Waals surface area contributed by atoms with Crippen molar-refractivity contribution in [3.63, 3.8) is 0 Å². The molecule has 1 N–H and O–H groups in total. The summed E-state index contributed by atoms with van der Waals surface area (Å²) in [6.07, 6.45) is 4.15. The molecule has 2 aromatic rings. The minimum atomic E-state index is -0.512. The van der Waals surface area contributed by atoms with E-state index in [-0.39, 0.29) is 11.7 Å². The van der Waals surface area contributed by atoms with Gasteiger partial charge in [-0.2, -0.15) is 0 Å². The van der Waals surface area contributed by atoms with E-state index in [9.17, 15) is 9.18 Å². The first-order valence-electron chi connectivity index (χ1n) is 9.29. The standard InChI is InChI=1S/C20H24FN3OS/c1-14-3-2-10-24(11-14)12-17-13-26-19(22-17)23-18(25)20(8-9-20)15-4-6-16(21)7-5-15/h4-7,13-14H,2-3,8-12H2,1H3,(H,22,23,25). The zero-order valence-corrected chi connectivity index (χ0v) is 15.8. The Bertz CT molecular complexity index is 785. The SMILES string of the molecule is CC1CCCN(Cc2csc(NC(=O)C3(c4ccc(F)cc4)CC3)n2)C1. The van der Waals surface area contributed by atoms with Crippen LogP contribution in [0.1, 0.15) is 43.9 Å². The second-order valence-electron chi connectivity index (χ2n) is 7.67. The van der Waals surface area contributed by atoms with Gasteiger partial charge in [0.15, 0.2) is 5.13 Å². The van der Waals surface area contributed by atoms with Crippen LogP contribution in [0.3, 0.4) is 0 Å². The summed E-state index contributed by atoms with van der Waals surface area (Å²) in [5.74, 6) is 0.435. The lowest BCUT2D eigenvalue weighted by Gasteiger charge is -2.30. The highest BCUT2D eigenvalue weighted by Gasteiger charge is 2.51. The van der Waals surface area contributed by atoms with Gasteiger partial charge in [0, 0.05) is 18.5 Å². The van der Waals surface area contributed by atoms with Gasteiger partial charge in [0.05, 0.1) is 11.1 Å². The normalized spacial score (nSPS) is 22.2. The van der Waals surface area contributed by atoms with Gasteiger partial charge < -0.3 is 5.32 Å². The van der Waals surface area contributed by atoms with E-state index < -0.39 is 5.41 Å². The van der Waals surface area contributed by atoms with Crippen LogP contribution in [0.5, 0.6) is 0 Å². The van der Waals surface area contributed by atoms with Gasteiger partial charge in [-0.1, -0.05) is 19.1 Å². The van der Waals surface area contributed by atoms with E-state index in [1.165, 1.54) is 36.3 Å². The Kier molecular flexibility index (Phi) is 4.80. The molecule has 0 spiro atoms. The molecule has 1 aromatic carbocycles. The Hall–Kier alpha value is -1.79. The summed E-state index contributed by atoms with van der Waals surface area (Å²) < 4.78 is 13.1. The third-order valence-electron chi connectivity index (χ3n) is 5.48. The van der Waals surface area contributed by atoms with Gasteiger partial charge >= 0.3 is 0 Å². The van der Waals surface area contributed by atoms with Gasteiger partial charge in [0.25, 0.3) is 0 Å². The van der Waals surface area contributed by atoms with Crippen molar-refractivity contribution < 1.29 is 9.18 Å². The molecule has 1 unspecified atom stereocenters. The van der Waals surface area contributed by atoms with Crippen LogP contribution < -0.4 is 5.32 Å². The van der Waals surface area contributed by atoms with Gasteiger partial charge in [0.2, 0.25) is 5.91 Å². The highest BCUT2D eigenvalue weighted by molar-refractivity contribution is 7.13. The van der Waals surface area contributed by atoms with E-state index in [2.05, 4.69) is 22.1 Å². The molecule has 138 valence electrons. The third kappa shape index (κ3) is 3.67. The molecule has 1 saturated heterocycles. The summed E-state index contributed by atoms with van der Waals surface area (Å²) >= 11 is 1.48. The van der Waals surface area contributed by atoms with E-state index in [0.29, 0.717) is 5.13 Å². The van der Waals surface area contributed by atoms with Crippen LogP contribution in [0, 0.1) is 11.7 Å². The number of nitrogens with one attached hydrogen (secondary N) is 1. The van der Waals surface area contributed by atoms with Crippen LogP contribution >= 0.6 is 11.3 Å². The third-order valence-corrected chi connectivity index (χ3v) is 6.29. The van der Waals surface area contributed by atoms with Crippen molar-refractivity contribution in [1.29, 1.82) is 0 Å². The number of rotatable bonds is 5. The number of halogens is 1. The largest absolute Gasteiger partial charge is 0.301 e. The van der Waals surface area contributed by atoms with Crippen molar-refractivity contribution in [2.45, 2.75) is 44.6 Å². The number of thiazole rings is 1. The molecule has 1 saturated carbocycles. The van der Waals surface area contributed by atoms with Crippen molar-refractivity contribution in [2.24, 2.45) is 5.92 Å². The summed E-state index contributed by atoms with van der Waals surface area (Å²) in [5, 5.41) is 5.67. The number of carbonyl (C=O) groups is 1. The summed E-state index contributed by atoms with van der Waals surface area (Å²) in [5.41, 5.74) is 1.39. The van der Waals surface area contributed by atoms with Gasteiger partial charge in [-0.25, -0.2) is 9.37 Å². The summed E-state index contributed by atoms with van der Waals surface area (Å²) in [6, 6.07) is 6.27. The number of likely N-dealkylation sites (tertiary alicyclic amines) is 1. The first-order valence-corrected chi connectivity index (χ1v) is 10.2. The maximum absolute atomic E-state index is 13.1. The van der Waals surface area contributed by atoms with E-state index in [4.69, 9.17) is 0 Å². The molecule has 0 bridgehead atoms. The Labute approximate surface area is 157 Å². The smallest absolute Gasteiger partial charge is 0.236 e. The fourth-order valence-electron chi connectivity index (χ4n) is 3.85. The molecule has 4 nitrogen and oxygen atoms in total. The number of benzene rings is 1. The Morgan fingerprint density at radius 1 is 1.38 bits per heavy atom. The molecule has 0 radical (unpaired) electrons. The molecule has 1 aliphatic heterocycles. The van der Waals surface area contributed by atoms with Crippen molar-refractivity contribution in [3.05, 3.63) is 46.7 Å². The minimum absolute atomic E-state index is 0.0309. The van der Waals surface area contributed by atoms with Crippen LogP contribution in [0.25, 0.3) is 0 Å². The summed E-state index contributed by atoms with van der Waals surface area (Å²) in [7, 11) is 0. The molecule has 4 rings (SSSR count). The average molecular weight is 373 g/mol. The Balaban J connectivity index is 1.39. The molecule has 1 aromatic heterocycles. The number of hydrogen-bond acceptors (Lipinski definition) is 4. The van der Waals surface area contributed by atoms with Crippen LogP contribution in [0.2, 0.25) is 0 Å². The Morgan fingerprint density at radius 3 is 2.85 bits per heavy atom. The van der Waals surface area contributed by atoms with Crippen molar-refractivity contribution in [2.75, 3.05) is 18.4 Å². The predicted molar refractivity (Wildman–Crippen MR) is 102 cm³/mol. The zero-order valence-electron chi connectivity index (χ0n) is 15.0. The first kappa shape index (κ1) is 17.6. The fraction of sp³-hybridized carbons (Fsp3) is 0.500. The number of carbonyl (C=O) groups excluding carboxylic acids is 1. The lowest BCUT2D eigenvalue weighted by Crippen LogP contribution is -2.33. The molecule has 1 aliphatic carbocycles. The number of piperidine rings is 1. The predicted octanol–water partition coefficient (Wildman–Crippen LogP) is 4.18. The van der Waals surface area contributed by atoms with Crippen LogP contribution in [-0.4, -0.2) is 28.9 Å². The second-order valence-corrected chi connectivity index (χ2v) is 8.53. The van der Waals surface area contributed by atoms with Crippen molar-refractivity contribution >= 4 is 22.4 Å². The summed E-state index contributed by atoms with van der Waals surface area (Å²) in [4.78, 5) is 19.8. The molecule has 2 fully saturated rings. The number of anilines is 1. The van der Waals surface area contributed by atoms with E-state index >= 15 is 0 Å². The van der Waals surface area contributed by atoms with Gasteiger partial charge in [-0.15, -0.1) is 11.3 Å². The fourth-order valence-corrected chi connectivity index (χ4v) is 4.55. The number of nitrogens with zero attached hydrogens (tertiary/aromatic N) is 2. The molecule has 6 heteroatoms. The highest BCUT2D eigenvalue weighted by Crippen LogP contribution is 2.49. The maximum atomic E-state index is 13.1. The average Bonchev–Trinajstić information content (AvgIpc) is 3.32. The zero-order chi connectivity index (χ0) is 18.1. The van der Waals surface area contributed by atoms with Gasteiger partial charge in [0.1, 0.15) is 5.82 Å². The number of hydrogen-bond donors (Lipinski definition) is 1. The maximum Gasteiger partial charge on any atom is 0.236 e. The summed E-state index contributed by atoms with van der Waals surface area (Å²) in [6.45, 7) is 5.38. The van der Waals surface area contributed by atoms with Gasteiger partial charge in [-0.3, -0.25) is 9.69 Å². The van der Waals surface area contributed by atoms with Crippen LogP contribution in [0.4, 0.5) is 9.52 Å². The van der Waals surface area contributed by atoms with E-state index in [0.717, 1.165) is 49.7 Å². The molecule has 26 heavy (non-hydrogen) atoms. The molecular weight excluding hydrogens is 349 g/mol. The quantitative estimate of drug-likeness (QED) is 0.855. The van der Waals surface area contributed by atoms with Crippen molar-refractivity contribution in [1.82, 2.24) is 9.88 Å². The lowest BCUT2D eigenvalue weighted by atomic mass is 9.95. The number of aromatic nitrogens is 1. The molecule has 1 amide bonds. The topological polar surface area (TPSA) is 45.2 Å². The molecule has 2 aliphatic rings. The van der Waals surface area contributed by atoms with Crippen LogP contribution in [-0.2, 0) is 16.8 Å².